The van der Waals surface area contributed by atoms with Crippen molar-refractivity contribution in [3.05, 3.63) is 0 Å². The number of carboxylic acids is 1. The lowest BCUT2D eigenvalue weighted by molar-refractivity contribution is -0.149. The van der Waals surface area contributed by atoms with Gasteiger partial charge in [0.15, 0.2) is 0 Å². The third-order valence-corrected chi connectivity index (χ3v) is 4.44. The summed E-state index contributed by atoms with van der Waals surface area (Å²) in [6, 6.07) is -0.487. The van der Waals surface area contributed by atoms with Crippen molar-refractivity contribution in [2.24, 2.45) is 5.41 Å². The van der Waals surface area contributed by atoms with Crippen LogP contribution in [-0.4, -0.2) is 48.6 Å². The second-order valence-electron chi connectivity index (χ2n) is 5.96. The van der Waals surface area contributed by atoms with Gasteiger partial charge in [0.2, 0.25) is 11.8 Å². The summed E-state index contributed by atoms with van der Waals surface area (Å²) in [6.07, 6.45) is 5.10. The fourth-order valence-electron chi connectivity index (χ4n) is 3.00. The molecule has 7 nitrogen and oxygen atoms in total. The van der Waals surface area contributed by atoms with Crippen molar-refractivity contribution in [2.45, 2.75) is 44.6 Å². The summed E-state index contributed by atoms with van der Waals surface area (Å²) in [5.41, 5.74) is -0.843. The predicted molar refractivity (Wildman–Crippen MR) is 75.6 cm³/mol. The van der Waals surface area contributed by atoms with Gasteiger partial charge in [-0.25, -0.2) is 0 Å². The van der Waals surface area contributed by atoms with E-state index in [4.69, 9.17) is 0 Å². The van der Waals surface area contributed by atoms with Crippen molar-refractivity contribution in [3.63, 3.8) is 0 Å². The van der Waals surface area contributed by atoms with Crippen molar-refractivity contribution >= 4 is 17.8 Å². The van der Waals surface area contributed by atoms with Crippen molar-refractivity contribution in [2.75, 3.05) is 19.6 Å². The molecule has 2 rings (SSSR count). The molecule has 0 radical (unpaired) electrons. The van der Waals surface area contributed by atoms with Crippen LogP contribution in [0, 0.1) is 5.41 Å². The van der Waals surface area contributed by atoms with E-state index >= 15 is 0 Å². The zero-order valence-corrected chi connectivity index (χ0v) is 12.1. The molecule has 118 valence electrons. The van der Waals surface area contributed by atoms with Gasteiger partial charge in [-0.1, -0.05) is 25.7 Å². The highest BCUT2D eigenvalue weighted by Gasteiger charge is 2.39. The first kappa shape index (κ1) is 15.8. The van der Waals surface area contributed by atoms with Gasteiger partial charge < -0.3 is 15.7 Å². The van der Waals surface area contributed by atoms with Gasteiger partial charge in [0, 0.05) is 13.1 Å². The molecule has 1 saturated carbocycles. The molecule has 1 saturated heterocycles. The second-order valence-corrected chi connectivity index (χ2v) is 5.96. The van der Waals surface area contributed by atoms with Crippen LogP contribution in [0.3, 0.4) is 0 Å². The van der Waals surface area contributed by atoms with Gasteiger partial charge in [0.25, 0.3) is 0 Å². The number of nitrogens with one attached hydrogen (secondary N) is 3. The van der Waals surface area contributed by atoms with Crippen LogP contribution in [0.4, 0.5) is 0 Å². The number of rotatable bonds is 4. The van der Waals surface area contributed by atoms with Crippen molar-refractivity contribution in [1.29, 1.82) is 0 Å². The quantitative estimate of drug-likeness (QED) is 0.529. The molecule has 7 heteroatoms. The van der Waals surface area contributed by atoms with E-state index in [1.54, 1.807) is 0 Å². The van der Waals surface area contributed by atoms with Crippen LogP contribution < -0.4 is 16.0 Å². The molecule has 1 atom stereocenters. The molecule has 2 amide bonds. The molecule has 0 aromatic heterocycles. The molecule has 2 fully saturated rings. The van der Waals surface area contributed by atoms with E-state index in [0.29, 0.717) is 12.8 Å². The van der Waals surface area contributed by atoms with Crippen LogP contribution in [-0.2, 0) is 14.4 Å². The minimum absolute atomic E-state index is 0.113. The molecule has 0 aromatic carbocycles. The van der Waals surface area contributed by atoms with Crippen LogP contribution in [0.25, 0.3) is 0 Å². The summed E-state index contributed by atoms with van der Waals surface area (Å²) in [6.45, 7) is 0.514. The maximum absolute atomic E-state index is 12.1. The SMILES string of the molecule is O=C1CNC(C(=O)NCC2(C(=O)O)CCCCCC2)CN1. The summed E-state index contributed by atoms with van der Waals surface area (Å²) in [4.78, 5) is 34.7. The molecule has 1 aliphatic carbocycles. The first-order chi connectivity index (χ1) is 10.0. The van der Waals surface area contributed by atoms with Gasteiger partial charge in [-0.05, 0) is 12.8 Å². The molecule has 2 aliphatic rings. The lowest BCUT2D eigenvalue weighted by Crippen LogP contribution is -2.59. The van der Waals surface area contributed by atoms with Crippen LogP contribution in [0.5, 0.6) is 0 Å². The molecule has 1 heterocycles. The van der Waals surface area contributed by atoms with Crippen LogP contribution in [0.1, 0.15) is 38.5 Å². The Bertz CT molecular complexity index is 406. The predicted octanol–water partition coefficient (Wildman–Crippen LogP) is -0.384. The van der Waals surface area contributed by atoms with E-state index < -0.39 is 17.4 Å². The second kappa shape index (κ2) is 6.89. The fraction of sp³-hybridized carbons (Fsp3) is 0.786. The number of hydrogen-bond donors (Lipinski definition) is 4. The lowest BCUT2D eigenvalue weighted by atomic mass is 9.80. The Morgan fingerprint density at radius 3 is 2.43 bits per heavy atom. The van der Waals surface area contributed by atoms with E-state index in [2.05, 4.69) is 16.0 Å². The Kier molecular flexibility index (Phi) is 5.17. The number of aliphatic carboxylic acids is 1. The molecule has 0 aromatic rings. The molecule has 1 unspecified atom stereocenters. The van der Waals surface area contributed by atoms with E-state index in [-0.39, 0.29) is 31.4 Å². The molecule has 0 spiro atoms. The van der Waals surface area contributed by atoms with Gasteiger partial charge in [0.1, 0.15) is 6.04 Å². The number of amides is 2. The first-order valence-corrected chi connectivity index (χ1v) is 7.55. The highest BCUT2D eigenvalue weighted by Crippen LogP contribution is 2.34. The highest BCUT2D eigenvalue weighted by atomic mass is 16.4. The summed E-state index contributed by atoms with van der Waals surface area (Å²) in [7, 11) is 0. The Hall–Kier alpha value is -1.63. The lowest BCUT2D eigenvalue weighted by Gasteiger charge is -2.30. The number of hydrogen-bond acceptors (Lipinski definition) is 4. The topological polar surface area (TPSA) is 108 Å². The van der Waals surface area contributed by atoms with E-state index in [0.717, 1.165) is 25.7 Å². The Balaban J connectivity index is 1.90. The molecule has 0 bridgehead atoms. The number of piperazine rings is 1. The molecule has 1 aliphatic heterocycles. The number of carbonyl (C=O) groups excluding carboxylic acids is 2. The maximum Gasteiger partial charge on any atom is 0.311 e. The minimum Gasteiger partial charge on any atom is -0.481 e. The summed E-state index contributed by atoms with van der Waals surface area (Å²) in [5.74, 6) is -1.21. The van der Waals surface area contributed by atoms with E-state index in [1.807, 2.05) is 0 Å². The number of carbonyl (C=O) groups is 3. The highest BCUT2D eigenvalue weighted by molar-refractivity contribution is 5.87. The first-order valence-electron chi connectivity index (χ1n) is 7.55. The number of carboxylic acid groups (broad SMARTS) is 1. The Labute approximate surface area is 123 Å². The standard InChI is InChI=1S/C14H23N3O4/c18-11-8-15-10(7-16-11)12(19)17-9-14(13(20)21)5-3-1-2-4-6-14/h10,15H,1-9H2,(H,16,18)(H,17,19)(H,20,21). The average molecular weight is 297 g/mol. The van der Waals surface area contributed by atoms with Gasteiger partial charge in [0.05, 0.1) is 12.0 Å². The maximum atomic E-state index is 12.1. The zero-order valence-electron chi connectivity index (χ0n) is 12.1. The van der Waals surface area contributed by atoms with Crippen LogP contribution >= 0.6 is 0 Å². The van der Waals surface area contributed by atoms with E-state index in [1.165, 1.54) is 0 Å². The van der Waals surface area contributed by atoms with Crippen molar-refractivity contribution < 1.29 is 19.5 Å². The normalized spacial score (nSPS) is 25.5. The third kappa shape index (κ3) is 3.93. The molecular formula is C14H23N3O4. The van der Waals surface area contributed by atoms with E-state index in [9.17, 15) is 19.5 Å². The summed E-state index contributed by atoms with van der Waals surface area (Å²) in [5, 5.41) is 17.8. The van der Waals surface area contributed by atoms with Gasteiger partial charge in [-0.2, -0.15) is 0 Å². The zero-order chi connectivity index (χ0) is 15.3. The fourth-order valence-corrected chi connectivity index (χ4v) is 3.00. The minimum atomic E-state index is -0.843. The Morgan fingerprint density at radius 1 is 1.24 bits per heavy atom. The summed E-state index contributed by atoms with van der Waals surface area (Å²) < 4.78 is 0. The van der Waals surface area contributed by atoms with Crippen LogP contribution in [0.2, 0.25) is 0 Å². The molecular weight excluding hydrogens is 274 g/mol. The average Bonchev–Trinajstić information content (AvgIpc) is 2.72. The van der Waals surface area contributed by atoms with Crippen molar-refractivity contribution in [3.8, 4) is 0 Å². The molecule has 4 N–H and O–H groups in total. The Morgan fingerprint density at radius 2 is 1.90 bits per heavy atom. The smallest absolute Gasteiger partial charge is 0.311 e. The van der Waals surface area contributed by atoms with Crippen LogP contribution in [0.15, 0.2) is 0 Å². The third-order valence-electron chi connectivity index (χ3n) is 4.44. The van der Waals surface area contributed by atoms with Gasteiger partial charge in [-0.15, -0.1) is 0 Å². The monoisotopic (exact) mass is 297 g/mol. The van der Waals surface area contributed by atoms with Gasteiger partial charge in [-0.3, -0.25) is 19.7 Å². The van der Waals surface area contributed by atoms with Crippen molar-refractivity contribution in [1.82, 2.24) is 16.0 Å². The summed E-state index contributed by atoms with van der Waals surface area (Å²) >= 11 is 0. The molecule has 21 heavy (non-hydrogen) atoms. The van der Waals surface area contributed by atoms with Gasteiger partial charge >= 0.3 is 5.97 Å². The largest absolute Gasteiger partial charge is 0.481 e.